The number of carbonyl (C=O) groups excluding carboxylic acids is 1. The Balaban J connectivity index is 2.52. The quantitative estimate of drug-likeness (QED) is 0.713. The van der Waals surface area contributed by atoms with Crippen LogP contribution in [-0.4, -0.2) is 22.6 Å². The number of hydrogen-bond donors (Lipinski definition) is 2. The maximum absolute atomic E-state index is 11.5. The van der Waals surface area contributed by atoms with Crippen LogP contribution in [0.25, 0.3) is 0 Å². The summed E-state index contributed by atoms with van der Waals surface area (Å²) in [4.78, 5) is 11.5. The minimum absolute atomic E-state index is 0.0891. The molecule has 0 aliphatic heterocycles. The Labute approximate surface area is 83.4 Å². The van der Waals surface area contributed by atoms with Crippen LogP contribution >= 0.6 is 0 Å². The molecular formula is C10H15N3O. The Morgan fingerprint density at radius 2 is 2.36 bits per heavy atom. The summed E-state index contributed by atoms with van der Waals surface area (Å²) in [6.07, 6.45) is 3.50. The van der Waals surface area contributed by atoms with Crippen LogP contribution in [0.1, 0.15) is 29.9 Å². The third-order valence-electron chi connectivity index (χ3n) is 1.85. The molecule has 76 valence electrons. The van der Waals surface area contributed by atoms with Gasteiger partial charge in [-0.1, -0.05) is 11.6 Å². The minimum Gasteiger partial charge on any atom is -0.348 e. The molecule has 2 N–H and O–H groups in total. The number of nitrogens with one attached hydrogen (secondary N) is 2. The van der Waals surface area contributed by atoms with Crippen LogP contribution in [0.2, 0.25) is 0 Å². The highest BCUT2D eigenvalue weighted by Crippen LogP contribution is 2.01. The summed E-state index contributed by atoms with van der Waals surface area (Å²) in [5.74, 6) is -0.0891. The van der Waals surface area contributed by atoms with E-state index in [-0.39, 0.29) is 5.91 Å². The van der Waals surface area contributed by atoms with Crippen molar-refractivity contribution in [2.45, 2.75) is 20.8 Å². The number of allylic oxidation sites excluding steroid dienone is 1. The van der Waals surface area contributed by atoms with Crippen molar-refractivity contribution >= 4 is 5.91 Å². The van der Waals surface area contributed by atoms with E-state index in [1.807, 2.05) is 26.8 Å². The van der Waals surface area contributed by atoms with E-state index in [9.17, 15) is 4.79 Å². The summed E-state index contributed by atoms with van der Waals surface area (Å²) in [6, 6.07) is 0. The van der Waals surface area contributed by atoms with Crippen LogP contribution in [0, 0.1) is 6.92 Å². The summed E-state index contributed by atoms with van der Waals surface area (Å²) in [5, 5.41) is 9.29. The summed E-state index contributed by atoms with van der Waals surface area (Å²) < 4.78 is 0. The van der Waals surface area contributed by atoms with Gasteiger partial charge in [-0.25, -0.2) is 0 Å². The molecule has 0 radical (unpaired) electrons. The largest absolute Gasteiger partial charge is 0.348 e. The molecule has 4 heteroatoms. The lowest BCUT2D eigenvalue weighted by atomic mass is 10.2. The summed E-state index contributed by atoms with van der Waals surface area (Å²) in [5.41, 5.74) is 2.58. The average Bonchev–Trinajstić information content (AvgIpc) is 2.50. The number of H-pyrrole nitrogens is 1. The van der Waals surface area contributed by atoms with Crippen LogP contribution in [0.15, 0.2) is 17.8 Å². The van der Waals surface area contributed by atoms with Crippen LogP contribution < -0.4 is 5.32 Å². The molecule has 0 atom stereocenters. The third-order valence-corrected chi connectivity index (χ3v) is 1.85. The molecule has 1 rings (SSSR count). The van der Waals surface area contributed by atoms with Gasteiger partial charge in [0.05, 0.1) is 11.8 Å². The van der Waals surface area contributed by atoms with E-state index in [0.29, 0.717) is 12.1 Å². The van der Waals surface area contributed by atoms with E-state index in [1.54, 1.807) is 0 Å². The first-order valence-electron chi connectivity index (χ1n) is 4.53. The molecule has 0 saturated heterocycles. The SMILES string of the molecule is CC(C)=CCNC(=O)c1cn[nH]c1C. The molecule has 0 aliphatic rings. The van der Waals surface area contributed by atoms with E-state index in [4.69, 9.17) is 0 Å². The van der Waals surface area contributed by atoms with E-state index in [0.717, 1.165) is 5.69 Å². The second kappa shape index (κ2) is 4.60. The van der Waals surface area contributed by atoms with Crippen LogP contribution in [0.5, 0.6) is 0 Å². The van der Waals surface area contributed by atoms with Gasteiger partial charge in [-0.15, -0.1) is 0 Å². The average molecular weight is 193 g/mol. The van der Waals surface area contributed by atoms with Gasteiger partial charge in [-0.3, -0.25) is 9.89 Å². The molecule has 1 heterocycles. The van der Waals surface area contributed by atoms with Gasteiger partial charge in [-0.2, -0.15) is 5.10 Å². The van der Waals surface area contributed by atoms with E-state index >= 15 is 0 Å². The number of hydrogen-bond acceptors (Lipinski definition) is 2. The van der Waals surface area contributed by atoms with Crippen molar-refractivity contribution < 1.29 is 4.79 Å². The lowest BCUT2D eigenvalue weighted by Crippen LogP contribution is -2.23. The molecule has 14 heavy (non-hydrogen) atoms. The van der Waals surface area contributed by atoms with Crippen molar-refractivity contribution in [3.63, 3.8) is 0 Å². The van der Waals surface area contributed by atoms with Crippen molar-refractivity contribution in [1.29, 1.82) is 0 Å². The number of aryl methyl sites for hydroxylation is 1. The first kappa shape index (κ1) is 10.5. The van der Waals surface area contributed by atoms with Crippen molar-refractivity contribution in [3.05, 3.63) is 29.1 Å². The summed E-state index contributed by atoms with van der Waals surface area (Å²) in [7, 11) is 0. The van der Waals surface area contributed by atoms with Gasteiger partial charge in [0, 0.05) is 12.2 Å². The fraction of sp³-hybridized carbons (Fsp3) is 0.400. The topological polar surface area (TPSA) is 57.8 Å². The number of nitrogens with zero attached hydrogens (tertiary/aromatic N) is 1. The molecule has 0 saturated carbocycles. The lowest BCUT2D eigenvalue weighted by Gasteiger charge is -2.00. The molecule has 1 aromatic rings. The Morgan fingerprint density at radius 1 is 1.64 bits per heavy atom. The molecule has 1 aromatic heterocycles. The summed E-state index contributed by atoms with van der Waals surface area (Å²) in [6.45, 7) is 6.37. The van der Waals surface area contributed by atoms with Crippen molar-refractivity contribution in [1.82, 2.24) is 15.5 Å². The fourth-order valence-electron chi connectivity index (χ4n) is 1.02. The van der Waals surface area contributed by atoms with Crippen molar-refractivity contribution in [2.75, 3.05) is 6.54 Å². The molecule has 0 fully saturated rings. The number of rotatable bonds is 3. The molecule has 0 bridgehead atoms. The Bertz CT molecular complexity index is 348. The smallest absolute Gasteiger partial charge is 0.254 e. The molecule has 0 aromatic carbocycles. The molecule has 0 aliphatic carbocycles. The number of aromatic amines is 1. The van der Waals surface area contributed by atoms with Crippen LogP contribution in [-0.2, 0) is 0 Å². The number of amides is 1. The van der Waals surface area contributed by atoms with Crippen LogP contribution in [0.3, 0.4) is 0 Å². The molecule has 0 spiro atoms. The molecule has 0 unspecified atom stereocenters. The highest BCUT2D eigenvalue weighted by molar-refractivity contribution is 5.94. The number of aromatic nitrogens is 2. The zero-order chi connectivity index (χ0) is 10.6. The fourth-order valence-corrected chi connectivity index (χ4v) is 1.02. The highest BCUT2D eigenvalue weighted by atomic mass is 16.1. The zero-order valence-corrected chi connectivity index (χ0v) is 8.72. The normalized spacial score (nSPS) is 9.64. The Kier molecular flexibility index (Phi) is 3.45. The van der Waals surface area contributed by atoms with Gasteiger partial charge in [0.1, 0.15) is 0 Å². The van der Waals surface area contributed by atoms with E-state index < -0.39 is 0 Å². The zero-order valence-electron chi connectivity index (χ0n) is 8.72. The standard InChI is InChI=1S/C10H15N3O/c1-7(2)4-5-11-10(14)9-6-12-13-8(9)3/h4,6H,5H2,1-3H3,(H,11,14)(H,12,13). The van der Waals surface area contributed by atoms with Crippen LogP contribution in [0.4, 0.5) is 0 Å². The third kappa shape index (κ3) is 2.73. The maximum Gasteiger partial charge on any atom is 0.254 e. The van der Waals surface area contributed by atoms with Gasteiger partial charge in [-0.05, 0) is 20.8 Å². The predicted molar refractivity (Wildman–Crippen MR) is 55.1 cm³/mol. The highest BCUT2D eigenvalue weighted by Gasteiger charge is 2.08. The molecule has 4 nitrogen and oxygen atoms in total. The molecule has 1 amide bonds. The summed E-state index contributed by atoms with van der Waals surface area (Å²) >= 11 is 0. The first-order valence-corrected chi connectivity index (χ1v) is 4.53. The number of carbonyl (C=O) groups is 1. The van der Waals surface area contributed by atoms with Crippen molar-refractivity contribution in [2.24, 2.45) is 0 Å². The van der Waals surface area contributed by atoms with E-state index in [1.165, 1.54) is 11.8 Å². The van der Waals surface area contributed by atoms with Gasteiger partial charge in [0.25, 0.3) is 5.91 Å². The second-order valence-corrected chi connectivity index (χ2v) is 3.40. The van der Waals surface area contributed by atoms with Gasteiger partial charge in [0.15, 0.2) is 0 Å². The van der Waals surface area contributed by atoms with Crippen molar-refractivity contribution in [3.8, 4) is 0 Å². The van der Waals surface area contributed by atoms with Gasteiger partial charge < -0.3 is 5.32 Å². The van der Waals surface area contributed by atoms with E-state index in [2.05, 4.69) is 15.5 Å². The Morgan fingerprint density at radius 3 is 2.86 bits per heavy atom. The Hall–Kier alpha value is -1.58. The second-order valence-electron chi connectivity index (χ2n) is 3.40. The monoisotopic (exact) mass is 193 g/mol. The maximum atomic E-state index is 11.5. The minimum atomic E-state index is -0.0891. The lowest BCUT2D eigenvalue weighted by molar-refractivity contribution is 0.0957. The predicted octanol–water partition coefficient (Wildman–Crippen LogP) is 1.41. The molecular weight excluding hydrogens is 178 g/mol. The van der Waals surface area contributed by atoms with Gasteiger partial charge in [0.2, 0.25) is 0 Å². The van der Waals surface area contributed by atoms with Gasteiger partial charge >= 0.3 is 0 Å². The first-order chi connectivity index (χ1) is 6.61.